The standard InChI is InChI=1S/C33H36ClN7O5/c1-33(2)45-26-27(31(42)36-14-15-43-3)44-32(28(26)46-33)41-19-39-25-29(37-18-38-30(25)41)35-13-12-21-17-40(24-7-5-4-6-23(21)24)16-20-8-10-22(34)11-9-20/h4-11,17-19,26-28,32H,12-16H2,1-3H3,(H,36,42)(H,35,37,38)/t26-,27+,28-,32-/m1/s1. The molecule has 5 aromatic rings. The normalized spacial score (nSPS) is 22.0. The topological polar surface area (TPSA) is 127 Å². The molecule has 2 aliphatic heterocycles. The molecule has 46 heavy (non-hydrogen) atoms. The zero-order chi connectivity index (χ0) is 31.8. The highest BCUT2D eigenvalue weighted by atomic mass is 35.5. The molecule has 2 aromatic carbocycles. The summed E-state index contributed by atoms with van der Waals surface area (Å²) in [5, 5.41) is 8.25. The third-order valence-electron chi connectivity index (χ3n) is 8.35. The Hall–Kier alpha value is -4.07. The van der Waals surface area contributed by atoms with Crippen LogP contribution in [0.3, 0.4) is 0 Å². The summed E-state index contributed by atoms with van der Waals surface area (Å²) < 4.78 is 27.7. The van der Waals surface area contributed by atoms with E-state index >= 15 is 0 Å². The molecular weight excluding hydrogens is 610 g/mol. The van der Waals surface area contributed by atoms with Gasteiger partial charge < -0.3 is 34.1 Å². The minimum atomic E-state index is -0.877. The van der Waals surface area contributed by atoms with Gasteiger partial charge in [0.25, 0.3) is 5.91 Å². The lowest BCUT2D eigenvalue weighted by Gasteiger charge is -2.24. The van der Waals surface area contributed by atoms with E-state index in [1.165, 1.54) is 28.4 Å². The molecule has 1 amide bonds. The molecule has 4 atom stereocenters. The first kappa shape index (κ1) is 30.6. The van der Waals surface area contributed by atoms with Gasteiger partial charge in [0, 0.05) is 48.9 Å². The van der Waals surface area contributed by atoms with Gasteiger partial charge in [0.15, 0.2) is 35.1 Å². The van der Waals surface area contributed by atoms with Crippen LogP contribution in [0.1, 0.15) is 31.2 Å². The van der Waals surface area contributed by atoms with Gasteiger partial charge in [-0.2, -0.15) is 0 Å². The molecule has 7 rings (SSSR count). The van der Waals surface area contributed by atoms with E-state index in [-0.39, 0.29) is 5.91 Å². The van der Waals surface area contributed by atoms with Crippen molar-refractivity contribution in [1.29, 1.82) is 0 Å². The van der Waals surface area contributed by atoms with Gasteiger partial charge in [-0.25, -0.2) is 15.0 Å². The second kappa shape index (κ2) is 12.6. The first-order valence-electron chi connectivity index (χ1n) is 15.3. The molecule has 2 N–H and O–H groups in total. The Morgan fingerprint density at radius 1 is 1.04 bits per heavy atom. The molecule has 5 heterocycles. The molecule has 0 unspecified atom stereocenters. The maximum atomic E-state index is 13.0. The fourth-order valence-corrected chi connectivity index (χ4v) is 6.44. The predicted molar refractivity (Wildman–Crippen MR) is 173 cm³/mol. The van der Waals surface area contributed by atoms with Crippen LogP contribution in [-0.4, -0.2) is 80.9 Å². The zero-order valence-corrected chi connectivity index (χ0v) is 26.6. The Bertz CT molecular complexity index is 1860. The van der Waals surface area contributed by atoms with Gasteiger partial charge in [0.1, 0.15) is 18.5 Å². The van der Waals surface area contributed by atoms with Crippen LogP contribution in [0, 0.1) is 0 Å². The van der Waals surface area contributed by atoms with Crippen molar-refractivity contribution in [3.05, 3.63) is 83.5 Å². The fraction of sp³-hybridized carbons (Fsp3) is 0.394. The fourth-order valence-electron chi connectivity index (χ4n) is 6.31. The molecule has 0 spiro atoms. The molecule has 240 valence electrons. The van der Waals surface area contributed by atoms with Crippen LogP contribution >= 0.6 is 11.6 Å². The number of nitrogens with zero attached hydrogens (tertiary/aromatic N) is 5. The van der Waals surface area contributed by atoms with Crippen molar-refractivity contribution in [3.63, 3.8) is 0 Å². The number of carbonyl (C=O) groups excluding carboxylic acids is 1. The van der Waals surface area contributed by atoms with Gasteiger partial charge in [-0.3, -0.25) is 9.36 Å². The number of rotatable bonds is 11. The van der Waals surface area contributed by atoms with E-state index in [2.05, 4.69) is 72.7 Å². The van der Waals surface area contributed by atoms with Crippen molar-refractivity contribution in [3.8, 4) is 0 Å². The van der Waals surface area contributed by atoms with E-state index in [1.54, 1.807) is 18.0 Å². The molecule has 12 nitrogen and oxygen atoms in total. The van der Waals surface area contributed by atoms with E-state index in [4.69, 9.17) is 30.5 Å². The number of hydrogen-bond acceptors (Lipinski definition) is 9. The van der Waals surface area contributed by atoms with Crippen molar-refractivity contribution in [1.82, 2.24) is 29.4 Å². The maximum Gasteiger partial charge on any atom is 0.252 e. The molecule has 0 saturated carbocycles. The molecule has 0 radical (unpaired) electrons. The van der Waals surface area contributed by atoms with Crippen LogP contribution < -0.4 is 10.6 Å². The van der Waals surface area contributed by atoms with Crippen LogP contribution in [-0.2, 0) is 36.7 Å². The summed E-state index contributed by atoms with van der Waals surface area (Å²) in [5.74, 6) is -0.550. The van der Waals surface area contributed by atoms with Crippen molar-refractivity contribution >= 4 is 45.4 Å². The quantitative estimate of drug-likeness (QED) is 0.202. The smallest absolute Gasteiger partial charge is 0.252 e. The monoisotopic (exact) mass is 645 g/mol. The zero-order valence-electron chi connectivity index (χ0n) is 25.9. The van der Waals surface area contributed by atoms with E-state index in [0.29, 0.717) is 36.7 Å². The van der Waals surface area contributed by atoms with Crippen molar-refractivity contribution in [2.45, 2.75) is 57.1 Å². The minimum Gasteiger partial charge on any atom is -0.383 e. The van der Waals surface area contributed by atoms with E-state index < -0.39 is 30.3 Å². The molecule has 2 aliphatic rings. The maximum absolute atomic E-state index is 13.0. The number of methoxy groups -OCH3 is 1. The highest BCUT2D eigenvalue weighted by Gasteiger charge is 2.58. The number of ether oxygens (including phenoxy) is 4. The van der Waals surface area contributed by atoms with Gasteiger partial charge >= 0.3 is 0 Å². The van der Waals surface area contributed by atoms with Crippen molar-refractivity contribution in [2.75, 3.05) is 32.1 Å². The Morgan fingerprint density at radius 2 is 1.85 bits per heavy atom. The van der Waals surface area contributed by atoms with E-state index in [0.717, 1.165) is 18.0 Å². The molecule has 3 aromatic heterocycles. The number of aromatic nitrogens is 5. The van der Waals surface area contributed by atoms with Gasteiger partial charge in [-0.1, -0.05) is 41.9 Å². The van der Waals surface area contributed by atoms with Gasteiger partial charge in [-0.05, 0) is 49.6 Å². The van der Waals surface area contributed by atoms with Crippen LogP contribution in [0.15, 0.2) is 67.4 Å². The van der Waals surface area contributed by atoms with Crippen LogP contribution in [0.25, 0.3) is 22.1 Å². The van der Waals surface area contributed by atoms with Gasteiger partial charge in [-0.15, -0.1) is 0 Å². The predicted octanol–water partition coefficient (Wildman–Crippen LogP) is 4.32. The summed E-state index contributed by atoms with van der Waals surface area (Å²) in [6.45, 7) is 5.79. The number of nitrogens with one attached hydrogen (secondary N) is 2. The number of benzene rings is 2. The second-order valence-corrected chi connectivity index (χ2v) is 12.4. The molecule has 0 aliphatic carbocycles. The van der Waals surface area contributed by atoms with E-state index in [1.807, 2.05) is 26.0 Å². The minimum absolute atomic E-state index is 0.285. The van der Waals surface area contributed by atoms with Gasteiger partial charge in [0.2, 0.25) is 0 Å². The number of fused-ring (bicyclic) bond motifs is 3. The third kappa shape index (κ3) is 5.94. The highest BCUT2D eigenvalue weighted by molar-refractivity contribution is 6.30. The SMILES string of the molecule is COCCNC(=O)[C@H]1O[C@@H](n2cnc3c(NCCc4cn(Cc5ccc(Cl)cc5)c5ccccc45)ncnc32)[C@@H]2OC(C)(C)O[C@@H]21. The number of carbonyl (C=O) groups is 1. The summed E-state index contributed by atoms with van der Waals surface area (Å²) in [4.78, 5) is 26.7. The number of para-hydroxylation sites is 1. The lowest BCUT2D eigenvalue weighted by molar-refractivity contribution is -0.197. The summed E-state index contributed by atoms with van der Waals surface area (Å²) in [5.41, 5.74) is 4.75. The number of halogens is 1. The lowest BCUT2D eigenvalue weighted by Crippen LogP contribution is -2.43. The van der Waals surface area contributed by atoms with Crippen LogP contribution in [0.2, 0.25) is 5.02 Å². The van der Waals surface area contributed by atoms with Crippen LogP contribution in [0.4, 0.5) is 5.82 Å². The number of imidazole rings is 1. The molecule has 2 saturated heterocycles. The van der Waals surface area contributed by atoms with Crippen molar-refractivity contribution in [2.24, 2.45) is 0 Å². The number of hydrogen-bond donors (Lipinski definition) is 2. The largest absolute Gasteiger partial charge is 0.383 e. The Balaban J connectivity index is 1.08. The third-order valence-corrected chi connectivity index (χ3v) is 8.60. The molecular formula is C33H36ClN7O5. The first-order valence-corrected chi connectivity index (χ1v) is 15.7. The average molecular weight is 646 g/mol. The molecule has 13 heteroatoms. The van der Waals surface area contributed by atoms with Gasteiger partial charge in [0.05, 0.1) is 12.9 Å². The number of amides is 1. The highest BCUT2D eigenvalue weighted by Crippen LogP contribution is 2.44. The Labute approximate surface area is 271 Å². The summed E-state index contributed by atoms with van der Waals surface area (Å²) in [7, 11) is 1.58. The average Bonchev–Trinajstić information content (AvgIpc) is 3.79. The van der Waals surface area contributed by atoms with Crippen LogP contribution in [0.5, 0.6) is 0 Å². The summed E-state index contributed by atoms with van der Waals surface area (Å²) in [6, 6.07) is 16.4. The molecule has 0 bridgehead atoms. The first-order chi connectivity index (χ1) is 22.3. The summed E-state index contributed by atoms with van der Waals surface area (Å²) >= 11 is 6.10. The Morgan fingerprint density at radius 3 is 2.67 bits per heavy atom. The van der Waals surface area contributed by atoms with E-state index in [9.17, 15) is 4.79 Å². The molecule has 2 fully saturated rings. The Kier molecular flexibility index (Phi) is 8.38. The lowest BCUT2D eigenvalue weighted by atomic mass is 10.1. The number of anilines is 1. The second-order valence-electron chi connectivity index (χ2n) is 11.9. The summed E-state index contributed by atoms with van der Waals surface area (Å²) in [6.07, 6.45) is 3.46. The van der Waals surface area contributed by atoms with Crippen molar-refractivity contribution < 1.29 is 23.7 Å².